The molecule has 2 atom stereocenters. The number of rotatable bonds is 5. The van der Waals surface area contributed by atoms with Gasteiger partial charge in [0.15, 0.2) is 5.78 Å². The molecular weight excluding hydrogens is 468 g/mol. The van der Waals surface area contributed by atoms with Crippen LogP contribution in [0.5, 0.6) is 0 Å². The maximum absolute atomic E-state index is 12.9. The SMILES string of the molecule is CC(=O)c1ccc(S(=O)(=O)N2CCN(C(=O)C3CC3c3ccc(Br)cc3)CC2)cc1. The summed E-state index contributed by atoms with van der Waals surface area (Å²) in [6, 6.07) is 14.1. The summed E-state index contributed by atoms with van der Waals surface area (Å²) in [4.78, 5) is 26.2. The molecule has 4 rings (SSSR count). The molecule has 2 fully saturated rings. The predicted molar refractivity (Wildman–Crippen MR) is 117 cm³/mol. The number of ketones is 1. The van der Waals surface area contributed by atoms with Gasteiger partial charge in [0.05, 0.1) is 4.90 Å². The van der Waals surface area contributed by atoms with Gasteiger partial charge in [0.2, 0.25) is 15.9 Å². The van der Waals surface area contributed by atoms with Gasteiger partial charge in [-0.05, 0) is 49.1 Å². The Morgan fingerprint density at radius 3 is 2.10 bits per heavy atom. The molecule has 2 aliphatic rings. The van der Waals surface area contributed by atoms with Gasteiger partial charge in [-0.3, -0.25) is 9.59 Å². The highest BCUT2D eigenvalue weighted by molar-refractivity contribution is 9.10. The average molecular weight is 491 g/mol. The van der Waals surface area contributed by atoms with Gasteiger partial charge in [0.25, 0.3) is 0 Å². The molecule has 8 heteroatoms. The Kier molecular flexibility index (Phi) is 5.83. The first kappa shape index (κ1) is 21.2. The summed E-state index contributed by atoms with van der Waals surface area (Å²) in [5, 5.41) is 0. The minimum atomic E-state index is -3.64. The van der Waals surface area contributed by atoms with Gasteiger partial charge >= 0.3 is 0 Å². The molecule has 1 amide bonds. The van der Waals surface area contributed by atoms with E-state index < -0.39 is 10.0 Å². The van der Waals surface area contributed by atoms with E-state index >= 15 is 0 Å². The summed E-state index contributed by atoms with van der Waals surface area (Å²) in [7, 11) is -3.64. The van der Waals surface area contributed by atoms with Crippen LogP contribution in [0.4, 0.5) is 0 Å². The number of sulfonamides is 1. The smallest absolute Gasteiger partial charge is 0.243 e. The molecule has 0 aromatic heterocycles. The standard InChI is InChI=1S/C22H23BrN2O4S/c1-15(26)16-4-8-19(9-5-16)30(28,29)25-12-10-24(11-13-25)22(27)21-14-20(21)17-2-6-18(23)7-3-17/h2-9,20-21H,10-14H2,1H3. The third kappa shape index (κ3) is 4.22. The van der Waals surface area contributed by atoms with E-state index in [2.05, 4.69) is 15.9 Å². The van der Waals surface area contributed by atoms with Crippen molar-refractivity contribution in [1.29, 1.82) is 0 Å². The number of halogens is 1. The van der Waals surface area contributed by atoms with E-state index in [1.165, 1.54) is 41.1 Å². The molecule has 0 spiro atoms. The number of carbonyl (C=O) groups excluding carboxylic acids is 2. The highest BCUT2D eigenvalue weighted by Crippen LogP contribution is 2.48. The number of amides is 1. The number of piperazine rings is 1. The Labute approximate surface area is 185 Å². The molecule has 2 aromatic carbocycles. The largest absolute Gasteiger partial charge is 0.340 e. The zero-order valence-corrected chi connectivity index (χ0v) is 19.0. The lowest BCUT2D eigenvalue weighted by Crippen LogP contribution is -2.51. The maximum atomic E-state index is 12.9. The first-order chi connectivity index (χ1) is 14.3. The predicted octanol–water partition coefficient (Wildman–Crippen LogP) is 3.29. The first-order valence-electron chi connectivity index (χ1n) is 9.93. The third-order valence-electron chi connectivity index (χ3n) is 5.85. The van der Waals surface area contributed by atoms with Gasteiger partial charge in [0.1, 0.15) is 0 Å². The monoisotopic (exact) mass is 490 g/mol. The van der Waals surface area contributed by atoms with Gasteiger partial charge in [0, 0.05) is 42.1 Å². The quantitative estimate of drug-likeness (QED) is 0.602. The average Bonchev–Trinajstić information content (AvgIpc) is 3.55. The number of nitrogens with zero attached hydrogens (tertiary/aromatic N) is 2. The molecule has 6 nitrogen and oxygen atoms in total. The second-order valence-corrected chi connectivity index (χ2v) is 10.7. The molecule has 0 N–H and O–H groups in total. The summed E-state index contributed by atoms with van der Waals surface area (Å²) < 4.78 is 28.2. The van der Waals surface area contributed by atoms with Crippen molar-refractivity contribution in [2.45, 2.75) is 24.2 Å². The minimum Gasteiger partial charge on any atom is -0.340 e. The topological polar surface area (TPSA) is 74.8 Å². The molecular formula is C22H23BrN2O4S. The number of carbonyl (C=O) groups is 2. The Morgan fingerprint density at radius 1 is 0.933 bits per heavy atom. The highest BCUT2D eigenvalue weighted by atomic mass is 79.9. The molecule has 2 aromatic rings. The van der Waals surface area contributed by atoms with E-state index in [0.29, 0.717) is 18.7 Å². The number of hydrogen-bond acceptors (Lipinski definition) is 4. The Balaban J connectivity index is 1.36. The molecule has 158 valence electrons. The van der Waals surface area contributed by atoms with Gasteiger partial charge < -0.3 is 4.90 Å². The van der Waals surface area contributed by atoms with Gasteiger partial charge in [-0.25, -0.2) is 8.42 Å². The summed E-state index contributed by atoms with van der Waals surface area (Å²) in [6.07, 6.45) is 0.849. The van der Waals surface area contributed by atoms with E-state index in [1.54, 1.807) is 4.90 Å². The van der Waals surface area contributed by atoms with Gasteiger partial charge in [-0.2, -0.15) is 4.31 Å². The lowest BCUT2D eigenvalue weighted by Gasteiger charge is -2.34. The van der Waals surface area contributed by atoms with E-state index in [9.17, 15) is 18.0 Å². The van der Waals surface area contributed by atoms with E-state index in [4.69, 9.17) is 0 Å². The van der Waals surface area contributed by atoms with Crippen LogP contribution in [-0.2, 0) is 14.8 Å². The van der Waals surface area contributed by atoms with Crippen molar-refractivity contribution in [2.24, 2.45) is 5.92 Å². The van der Waals surface area contributed by atoms with Crippen molar-refractivity contribution in [1.82, 2.24) is 9.21 Å². The summed E-state index contributed by atoms with van der Waals surface area (Å²) in [5.74, 6) is 0.263. The summed E-state index contributed by atoms with van der Waals surface area (Å²) in [6.45, 7) is 2.79. The van der Waals surface area contributed by atoms with Gasteiger partial charge in [-0.15, -0.1) is 0 Å². The van der Waals surface area contributed by atoms with E-state index in [1.807, 2.05) is 24.3 Å². The van der Waals surface area contributed by atoms with Crippen molar-refractivity contribution in [3.8, 4) is 0 Å². The molecule has 0 radical (unpaired) electrons. The maximum Gasteiger partial charge on any atom is 0.243 e. The van der Waals surface area contributed by atoms with Crippen LogP contribution in [0.25, 0.3) is 0 Å². The number of hydrogen-bond donors (Lipinski definition) is 0. The van der Waals surface area contributed by atoms with Gasteiger partial charge in [-0.1, -0.05) is 40.2 Å². The van der Waals surface area contributed by atoms with Crippen LogP contribution in [0.15, 0.2) is 57.9 Å². The van der Waals surface area contributed by atoms with Crippen molar-refractivity contribution < 1.29 is 18.0 Å². The van der Waals surface area contributed by atoms with Crippen molar-refractivity contribution in [3.63, 3.8) is 0 Å². The number of Topliss-reactive ketones (excluding diaryl/α,β-unsaturated/α-hetero) is 1. The van der Waals surface area contributed by atoms with Crippen LogP contribution in [0, 0.1) is 5.92 Å². The van der Waals surface area contributed by atoms with E-state index in [0.717, 1.165) is 10.9 Å². The lowest BCUT2D eigenvalue weighted by molar-refractivity contribution is -0.133. The molecule has 0 bridgehead atoms. The number of benzene rings is 2. The fourth-order valence-electron chi connectivity index (χ4n) is 3.94. The Hall–Kier alpha value is -2.03. The Morgan fingerprint density at radius 2 is 1.53 bits per heavy atom. The fourth-order valence-corrected chi connectivity index (χ4v) is 5.63. The van der Waals surface area contributed by atoms with Crippen molar-refractivity contribution >= 4 is 37.6 Å². The Bertz CT molecular complexity index is 1060. The van der Waals surface area contributed by atoms with Crippen LogP contribution in [0.1, 0.15) is 35.2 Å². The van der Waals surface area contributed by atoms with Crippen LogP contribution >= 0.6 is 15.9 Å². The van der Waals surface area contributed by atoms with Crippen molar-refractivity contribution in [2.75, 3.05) is 26.2 Å². The fraction of sp³-hybridized carbons (Fsp3) is 0.364. The zero-order chi connectivity index (χ0) is 21.5. The normalized spacial score (nSPS) is 22.0. The third-order valence-corrected chi connectivity index (χ3v) is 8.30. The highest BCUT2D eigenvalue weighted by Gasteiger charge is 2.46. The van der Waals surface area contributed by atoms with Crippen LogP contribution in [0.3, 0.4) is 0 Å². The van der Waals surface area contributed by atoms with E-state index in [-0.39, 0.29) is 41.5 Å². The first-order valence-corrected chi connectivity index (χ1v) is 12.2. The second kappa shape index (κ2) is 8.24. The summed E-state index contributed by atoms with van der Waals surface area (Å²) in [5.41, 5.74) is 1.65. The van der Waals surface area contributed by atoms with Crippen molar-refractivity contribution in [3.05, 3.63) is 64.1 Å². The zero-order valence-electron chi connectivity index (χ0n) is 16.6. The molecule has 1 heterocycles. The summed E-state index contributed by atoms with van der Waals surface area (Å²) >= 11 is 3.43. The van der Waals surface area contributed by atoms with Crippen LogP contribution in [-0.4, -0.2) is 55.5 Å². The second-order valence-electron chi connectivity index (χ2n) is 7.81. The molecule has 1 aliphatic heterocycles. The molecule has 2 unspecified atom stereocenters. The molecule has 1 saturated heterocycles. The lowest BCUT2D eigenvalue weighted by atomic mass is 10.1. The minimum absolute atomic E-state index is 0.00606. The molecule has 30 heavy (non-hydrogen) atoms. The molecule has 1 saturated carbocycles. The van der Waals surface area contributed by atoms with Crippen LogP contribution in [0.2, 0.25) is 0 Å². The molecule has 1 aliphatic carbocycles. The van der Waals surface area contributed by atoms with Crippen LogP contribution < -0.4 is 0 Å².